The van der Waals surface area contributed by atoms with Crippen LogP contribution in [0.5, 0.6) is 0 Å². The minimum Gasteiger partial charge on any atom is -0.288 e. The SMILES string of the molecule is O=C(Nc1n[nH]c(Cc2cccc(F)c2)n1)c1cnns1. The molecule has 1 aromatic carbocycles. The van der Waals surface area contributed by atoms with E-state index in [2.05, 4.69) is 30.1 Å². The summed E-state index contributed by atoms with van der Waals surface area (Å²) in [7, 11) is 0. The Balaban J connectivity index is 1.68. The van der Waals surface area contributed by atoms with Crippen LogP contribution in [0.4, 0.5) is 10.3 Å². The molecule has 0 fully saturated rings. The fourth-order valence-electron chi connectivity index (χ4n) is 1.70. The highest BCUT2D eigenvalue weighted by molar-refractivity contribution is 7.07. The molecule has 2 heterocycles. The lowest BCUT2D eigenvalue weighted by Gasteiger charge is -1.97. The number of aromatic amines is 1. The summed E-state index contributed by atoms with van der Waals surface area (Å²) in [5.41, 5.74) is 0.760. The summed E-state index contributed by atoms with van der Waals surface area (Å²) in [6, 6.07) is 6.20. The number of hydrogen-bond acceptors (Lipinski definition) is 6. The predicted molar refractivity (Wildman–Crippen MR) is 73.5 cm³/mol. The van der Waals surface area contributed by atoms with Crippen LogP contribution in [0.1, 0.15) is 21.1 Å². The molecule has 2 N–H and O–H groups in total. The molecule has 0 aliphatic rings. The van der Waals surface area contributed by atoms with E-state index in [9.17, 15) is 9.18 Å². The number of hydrogen-bond donors (Lipinski definition) is 2. The Bertz CT molecular complexity index is 757. The number of rotatable bonds is 4. The van der Waals surface area contributed by atoms with E-state index in [1.54, 1.807) is 12.1 Å². The summed E-state index contributed by atoms with van der Waals surface area (Å²) in [6.07, 6.45) is 1.75. The van der Waals surface area contributed by atoms with Crippen LogP contribution in [-0.2, 0) is 6.42 Å². The monoisotopic (exact) mass is 304 g/mol. The largest absolute Gasteiger partial charge is 0.288 e. The molecule has 0 spiro atoms. The highest BCUT2D eigenvalue weighted by Crippen LogP contribution is 2.10. The fourth-order valence-corrected chi connectivity index (χ4v) is 2.11. The van der Waals surface area contributed by atoms with E-state index in [0.29, 0.717) is 17.1 Å². The molecule has 7 nitrogen and oxygen atoms in total. The molecule has 21 heavy (non-hydrogen) atoms. The maximum Gasteiger partial charge on any atom is 0.271 e. The summed E-state index contributed by atoms with van der Waals surface area (Å²) in [5.74, 6) is -0.00215. The van der Waals surface area contributed by atoms with Gasteiger partial charge in [0.2, 0.25) is 5.95 Å². The third-order valence-electron chi connectivity index (χ3n) is 2.60. The molecular formula is C12H9FN6OS. The second kappa shape index (κ2) is 5.75. The second-order valence-corrected chi connectivity index (χ2v) is 4.93. The number of anilines is 1. The maximum absolute atomic E-state index is 13.1. The highest BCUT2D eigenvalue weighted by Gasteiger charge is 2.12. The van der Waals surface area contributed by atoms with E-state index in [0.717, 1.165) is 17.1 Å². The maximum atomic E-state index is 13.1. The average Bonchev–Trinajstić information content (AvgIpc) is 3.10. The highest BCUT2D eigenvalue weighted by atomic mass is 32.1. The molecule has 2 aromatic heterocycles. The number of benzene rings is 1. The van der Waals surface area contributed by atoms with Gasteiger partial charge in [-0.15, -0.1) is 10.2 Å². The van der Waals surface area contributed by atoms with Crippen molar-refractivity contribution in [1.29, 1.82) is 0 Å². The smallest absolute Gasteiger partial charge is 0.271 e. The van der Waals surface area contributed by atoms with Crippen LogP contribution in [0.15, 0.2) is 30.5 Å². The van der Waals surface area contributed by atoms with Crippen LogP contribution in [0.25, 0.3) is 0 Å². The molecule has 0 aliphatic heterocycles. The van der Waals surface area contributed by atoms with Gasteiger partial charge in [-0.2, -0.15) is 4.98 Å². The van der Waals surface area contributed by atoms with Crippen molar-refractivity contribution in [2.45, 2.75) is 6.42 Å². The van der Waals surface area contributed by atoms with E-state index >= 15 is 0 Å². The Hall–Kier alpha value is -2.68. The number of carbonyl (C=O) groups is 1. The molecule has 0 saturated heterocycles. The Kier molecular flexibility index (Phi) is 3.65. The van der Waals surface area contributed by atoms with Gasteiger partial charge in [0.15, 0.2) is 0 Å². The summed E-state index contributed by atoms with van der Waals surface area (Å²) >= 11 is 0.981. The molecule has 0 unspecified atom stereocenters. The van der Waals surface area contributed by atoms with Gasteiger partial charge in [-0.1, -0.05) is 16.6 Å². The van der Waals surface area contributed by atoms with Gasteiger partial charge in [0.1, 0.15) is 16.5 Å². The molecule has 106 valence electrons. The lowest BCUT2D eigenvalue weighted by atomic mass is 10.1. The van der Waals surface area contributed by atoms with Crippen molar-refractivity contribution >= 4 is 23.4 Å². The number of carbonyl (C=O) groups excluding carboxylic acids is 1. The Morgan fingerprint density at radius 1 is 1.43 bits per heavy atom. The molecule has 0 atom stereocenters. The van der Waals surface area contributed by atoms with Crippen molar-refractivity contribution in [1.82, 2.24) is 24.8 Å². The van der Waals surface area contributed by atoms with Crippen LogP contribution in [0, 0.1) is 5.82 Å². The molecular weight excluding hydrogens is 295 g/mol. The van der Waals surface area contributed by atoms with Crippen molar-refractivity contribution in [3.8, 4) is 0 Å². The standard InChI is InChI=1S/C12H9FN6OS/c13-8-3-1-2-7(4-8)5-10-15-12(18-17-10)16-11(20)9-6-14-19-21-9/h1-4,6H,5H2,(H2,15,16,17,18,20). The zero-order valence-electron chi connectivity index (χ0n) is 10.6. The van der Waals surface area contributed by atoms with Gasteiger partial charge in [-0.3, -0.25) is 15.2 Å². The van der Waals surface area contributed by atoms with Crippen LogP contribution in [-0.4, -0.2) is 30.7 Å². The van der Waals surface area contributed by atoms with Gasteiger partial charge in [0, 0.05) is 6.42 Å². The summed E-state index contributed by atoms with van der Waals surface area (Å²) < 4.78 is 16.7. The molecule has 3 aromatic rings. The Morgan fingerprint density at radius 2 is 2.33 bits per heavy atom. The first-order valence-corrected chi connectivity index (χ1v) is 6.72. The van der Waals surface area contributed by atoms with Crippen molar-refractivity contribution in [2.24, 2.45) is 0 Å². The van der Waals surface area contributed by atoms with Crippen LogP contribution in [0.3, 0.4) is 0 Å². The third kappa shape index (κ3) is 3.26. The third-order valence-corrected chi connectivity index (χ3v) is 3.27. The minimum absolute atomic E-state index is 0.153. The first-order valence-electron chi connectivity index (χ1n) is 5.95. The van der Waals surface area contributed by atoms with Gasteiger partial charge in [0.25, 0.3) is 5.91 Å². The number of H-pyrrole nitrogens is 1. The lowest BCUT2D eigenvalue weighted by molar-refractivity contribution is 0.102. The normalized spacial score (nSPS) is 10.5. The van der Waals surface area contributed by atoms with Gasteiger partial charge in [-0.05, 0) is 29.2 Å². The molecule has 0 radical (unpaired) electrons. The minimum atomic E-state index is -0.374. The molecule has 1 amide bonds. The number of nitrogens with one attached hydrogen (secondary N) is 2. The van der Waals surface area contributed by atoms with Gasteiger partial charge < -0.3 is 0 Å². The zero-order chi connectivity index (χ0) is 14.7. The quantitative estimate of drug-likeness (QED) is 0.763. The fraction of sp³-hybridized carbons (Fsp3) is 0.0833. The average molecular weight is 304 g/mol. The predicted octanol–water partition coefficient (Wildman–Crippen LogP) is 1.64. The Labute approximate surface area is 122 Å². The van der Waals surface area contributed by atoms with E-state index in [1.165, 1.54) is 18.3 Å². The molecule has 9 heteroatoms. The molecule has 0 bridgehead atoms. The summed E-state index contributed by atoms with van der Waals surface area (Å²) in [6.45, 7) is 0. The Morgan fingerprint density at radius 3 is 3.10 bits per heavy atom. The first-order chi connectivity index (χ1) is 10.2. The number of nitrogens with zero attached hydrogens (tertiary/aromatic N) is 4. The van der Waals surface area contributed by atoms with Crippen molar-refractivity contribution in [2.75, 3.05) is 5.32 Å². The van der Waals surface area contributed by atoms with E-state index in [-0.39, 0.29) is 17.7 Å². The van der Waals surface area contributed by atoms with Gasteiger partial charge in [0.05, 0.1) is 6.20 Å². The van der Waals surface area contributed by atoms with E-state index in [4.69, 9.17) is 0 Å². The number of amides is 1. The van der Waals surface area contributed by atoms with E-state index in [1.807, 2.05) is 0 Å². The van der Waals surface area contributed by atoms with Crippen LogP contribution >= 0.6 is 11.5 Å². The van der Waals surface area contributed by atoms with Gasteiger partial charge in [-0.25, -0.2) is 4.39 Å². The topological polar surface area (TPSA) is 96.5 Å². The number of halogens is 1. The van der Waals surface area contributed by atoms with Gasteiger partial charge >= 0.3 is 0 Å². The van der Waals surface area contributed by atoms with Crippen LogP contribution < -0.4 is 5.32 Å². The van der Waals surface area contributed by atoms with E-state index < -0.39 is 0 Å². The summed E-state index contributed by atoms with van der Waals surface area (Å²) in [4.78, 5) is 16.3. The first kappa shape index (κ1) is 13.3. The van der Waals surface area contributed by atoms with Crippen LogP contribution in [0.2, 0.25) is 0 Å². The zero-order valence-corrected chi connectivity index (χ0v) is 11.4. The van der Waals surface area contributed by atoms with Crippen molar-refractivity contribution in [3.05, 3.63) is 52.5 Å². The lowest BCUT2D eigenvalue weighted by Crippen LogP contribution is -2.11. The molecule has 0 aliphatic carbocycles. The molecule has 0 saturated carbocycles. The van der Waals surface area contributed by atoms with Crippen molar-refractivity contribution in [3.63, 3.8) is 0 Å². The summed E-state index contributed by atoms with van der Waals surface area (Å²) in [5, 5.41) is 12.7. The second-order valence-electron chi connectivity index (χ2n) is 4.15. The van der Waals surface area contributed by atoms with Crippen molar-refractivity contribution < 1.29 is 9.18 Å². The molecule has 3 rings (SSSR count). The number of aromatic nitrogens is 5.